The number of piperidine rings is 1. The van der Waals surface area contributed by atoms with Crippen LogP contribution in [0.15, 0.2) is 0 Å². The van der Waals surface area contributed by atoms with E-state index in [4.69, 9.17) is 10.5 Å². The third-order valence-corrected chi connectivity index (χ3v) is 4.52. The van der Waals surface area contributed by atoms with Gasteiger partial charge in [0, 0.05) is 44.3 Å². The maximum Gasteiger partial charge on any atom is 0.0594 e. The molecule has 2 saturated heterocycles. The molecule has 0 aromatic heterocycles. The van der Waals surface area contributed by atoms with Crippen LogP contribution in [0, 0.1) is 0 Å². The standard InChI is InChI=1S/C13H27N3O/c1-12(2)15-5-3-13(11-14,4-6-15)16-7-9-17-10-8-16/h12H,3-11,14H2,1-2H3. The highest BCUT2D eigenvalue weighted by atomic mass is 16.5. The summed E-state index contributed by atoms with van der Waals surface area (Å²) < 4.78 is 5.45. The highest BCUT2D eigenvalue weighted by molar-refractivity contribution is 4.97. The number of likely N-dealkylation sites (tertiary alicyclic amines) is 1. The van der Waals surface area contributed by atoms with Crippen LogP contribution in [-0.4, -0.2) is 67.3 Å². The average Bonchev–Trinajstić information content (AvgIpc) is 2.40. The molecule has 0 atom stereocenters. The second-order valence-corrected chi connectivity index (χ2v) is 5.66. The van der Waals surface area contributed by atoms with E-state index >= 15 is 0 Å². The first-order chi connectivity index (χ1) is 8.18. The van der Waals surface area contributed by atoms with Crippen LogP contribution in [0.1, 0.15) is 26.7 Å². The molecule has 0 radical (unpaired) electrons. The summed E-state index contributed by atoms with van der Waals surface area (Å²) in [6, 6.07) is 0.662. The number of nitrogens with zero attached hydrogens (tertiary/aromatic N) is 2. The lowest BCUT2D eigenvalue weighted by Crippen LogP contribution is -2.62. The number of hydrogen-bond donors (Lipinski definition) is 1. The van der Waals surface area contributed by atoms with E-state index in [-0.39, 0.29) is 5.54 Å². The van der Waals surface area contributed by atoms with Gasteiger partial charge in [-0.25, -0.2) is 0 Å². The zero-order valence-corrected chi connectivity index (χ0v) is 11.3. The van der Waals surface area contributed by atoms with Gasteiger partial charge < -0.3 is 15.4 Å². The third-order valence-electron chi connectivity index (χ3n) is 4.52. The zero-order valence-electron chi connectivity index (χ0n) is 11.3. The van der Waals surface area contributed by atoms with Gasteiger partial charge in [-0.3, -0.25) is 4.90 Å². The van der Waals surface area contributed by atoms with E-state index in [2.05, 4.69) is 23.6 Å². The lowest BCUT2D eigenvalue weighted by molar-refractivity contribution is -0.0467. The summed E-state index contributed by atoms with van der Waals surface area (Å²) in [5, 5.41) is 0. The Morgan fingerprint density at radius 1 is 1.12 bits per heavy atom. The second-order valence-electron chi connectivity index (χ2n) is 5.66. The molecule has 2 rings (SSSR count). The molecule has 0 bridgehead atoms. The fourth-order valence-electron chi connectivity index (χ4n) is 3.14. The zero-order chi connectivity index (χ0) is 12.3. The van der Waals surface area contributed by atoms with Crippen molar-refractivity contribution in [2.45, 2.75) is 38.3 Å². The normalized spacial score (nSPS) is 27.5. The predicted octanol–water partition coefficient (Wildman–Crippen LogP) is 0.520. The van der Waals surface area contributed by atoms with Gasteiger partial charge in [-0.05, 0) is 26.7 Å². The minimum atomic E-state index is 0.245. The van der Waals surface area contributed by atoms with Gasteiger partial charge in [0.05, 0.1) is 13.2 Å². The van der Waals surface area contributed by atoms with Crippen molar-refractivity contribution < 1.29 is 4.74 Å². The average molecular weight is 241 g/mol. The summed E-state index contributed by atoms with van der Waals surface area (Å²) in [6.07, 6.45) is 2.42. The van der Waals surface area contributed by atoms with Crippen LogP contribution in [0.2, 0.25) is 0 Å². The van der Waals surface area contributed by atoms with E-state index < -0.39 is 0 Å². The van der Waals surface area contributed by atoms with Crippen molar-refractivity contribution in [2.24, 2.45) is 5.73 Å². The molecule has 4 nitrogen and oxygen atoms in total. The van der Waals surface area contributed by atoms with E-state index in [1.54, 1.807) is 0 Å². The first kappa shape index (κ1) is 13.3. The van der Waals surface area contributed by atoms with Gasteiger partial charge in [0.1, 0.15) is 0 Å². The van der Waals surface area contributed by atoms with Gasteiger partial charge in [-0.1, -0.05) is 0 Å². The summed E-state index contributed by atoms with van der Waals surface area (Å²) in [4.78, 5) is 5.14. The Bertz CT molecular complexity index is 231. The molecule has 2 aliphatic rings. The van der Waals surface area contributed by atoms with E-state index in [0.717, 1.165) is 32.8 Å². The van der Waals surface area contributed by atoms with Crippen molar-refractivity contribution in [3.63, 3.8) is 0 Å². The molecule has 0 aliphatic carbocycles. The minimum absolute atomic E-state index is 0.245. The number of hydrogen-bond acceptors (Lipinski definition) is 4. The Balaban J connectivity index is 1.96. The predicted molar refractivity (Wildman–Crippen MR) is 70.1 cm³/mol. The van der Waals surface area contributed by atoms with E-state index in [9.17, 15) is 0 Å². The molecule has 2 aliphatic heterocycles. The lowest BCUT2D eigenvalue weighted by Gasteiger charge is -2.50. The van der Waals surface area contributed by atoms with Crippen LogP contribution in [0.5, 0.6) is 0 Å². The Hall–Kier alpha value is -0.160. The molecule has 2 heterocycles. The topological polar surface area (TPSA) is 41.7 Å². The lowest BCUT2D eigenvalue weighted by atomic mass is 9.85. The van der Waals surface area contributed by atoms with Crippen LogP contribution >= 0.6 is 0 Å². The molecule has 2 N–H and O–H groups in total. The Morgan fingerprint density at radius 3 is 2.18 bits per heavy atom. The summed E-state index contributed by atoms with van der Waals surface area (Å²) >= 11 is 0. The van der Waals surface area contributed by atoms with Gasteiger partial charge in [0.2, 0.25) is 0 Å². The summed E-state index contributed by atoms with van der Waals surface area (Å²) in [5.74, 6) is 0. The highest BCUT2D eigenvalue weighted by Crippen LogP contribution is 2.29. The maximum atomic E-state index is 6.09. The third kappa shape index (κ3) is 2.81. The fraction of sp³-hybridized carbons (Fsp3) is 1.00. The number of morpholine rings is 1. The van der Waals surface area contributed by atoms with Gasteiger partial charge in [-0.15, -0.1) is 0 Å². The molecule has 17 heavy (non-hydrogen) atoms. The molecule has 0 unspecified atom stereocenters. The van der Waals surface area contributed by atoms with Crippen LogP contribution in [-0.2, 0) is 4.74 Å². The van der Waals surface area contributed by atoms with Crippen LogP contribution in [0.4, 0.5) is 0 Å². The van der Waals surface area contributed by atoms with Crippen molar-refractivity contribution in [1.82, 2.24) is 9.80 Å². The van der Waals surface area contributed by atoms with Crippen LogP contribution in [0.25, 0.3) is 0 Å². The van der Waals surface area contributed by atoms with Crippen molar-refractivity contribution in [3.8, 4) is 0 Å². The molecular weight excluding hydrogens is 214 g/mol. The number of rotatable bonds is 3. The van der Waals surface area contributed by atoms with Gasteiger partial charge >= 0.3 is 0 Å². The van der Waals surface area contributed by atoms with Crippen molar-refractivity contribution in [3.05, 3.63) is 0 Å². The smallest absolute Gasteiger partial charge is 0.0594 e. The number of nitrogens with two attached hydrogens (primary N) is 1. The summed E-state index contributed by atoms with van der Waals surface area (Å²) in [6.45, 7) is 11.6. The molecule has 100 valence electrons. The quantitative estimate of drug-likeness (QED) is 0.782. The molecule has 0 saturated carbocycles. The van der Waals surface area contributed by atoms with Gasteiger partial charge in [0.15, 0.2) is 0 Å². The van der Waals surface area contributed by atoms with E-state index in [1.165, 1.54) is 25.9 Å². The molecular formula is C13H27N3O. The summed E-state index contributed by atoms with van der Waals surface area (Å²) in [7, 11) is 0. The number of ether oxygens (including phenoxy) is 1. The molecule has 2 fully saturated rings. The highest BCUT2D eigenvalue weighted by Gasteiger charge is 2.39. The Labute approximate surface area is 105 Å². The first-order valence-corrected chi connectivity index (χ1v) is 6.95. The Morgan fingerprint density at radius 2 is 1.71 bits per heavy atom. The minimum Gasteiger partial charge on any atom is -0.379 e. The van der Waals surface area contributed by atoms with Crippen molar-refractivity contribution in [1.29, 1.82) is 0 Å². The molecule has 4 heteroatoms. The molecule has 0 aromatic rings. The van der Waals surface area contributed by atoms with Gasteiger partial charge in [0.25, 0.3) is 0 Å². The SMILES string of the molecule is CC(C)N1CCC(CN)(N2CCOCC2)CC1. The Kier molecular flexibility index (Phi) is 4.42. The first-order valence-electron chi connectivity index (χ1n) is 6.95. The largest absolute Gasteiger partial charge is 0.379 e. The summed E-state index contributed by atoms with van der Waals surface area (Å²) in [5.41, 5.74) is 6.33. The monoisotopic (exact) mass is 241 g/mol. The van der Waals surface area contributed by atoms with Crippen molar-refractivity contribution in [2.75, 3.05) is 45.9 Å². The second kappa shape index (κ2) is 5.65. The fourth-order valence-corrected chi connectivity index (χ4v) is 3.14. The van der Waals surface area contributed by atoms with E-state index in [0.29, 0.717) is 6.04 Å². The maximum absolute atomic E-state index is 6.09. The van der Waals surface area contributed by atoms with Gasteiger partial charge in [-0.2, -0.15) is 0 Å². The molecule has 0 amide bonds. The molecule has 0 spiro atoms. The van der Waals surface area contributed by atoms with Crippen LogP contribution < -0.4 is 5.73 Å². The van der Waals surface area contributed by atoms with Crippen molar-refractivity contribution >= 4 is 0 Å². The van der Waals surface area contributed by atoms with Crippen LogP contribution in [0.3, 0.4) is 0 Å². The molecule has 0 aromatic carbocycles. The van der Waals surface area contributed by atoms with E-state index in [1.807, 2.05) is 0 Å².